The van der Waals surface area contributed by atoms with Crippen LogP contribution in [0.25, 0.3) is 44.5 Å². The zero-order chi connectivity index (χ0) is 44.1. The van der Waals surface area contributed by atoms with Crippen molar-refractivity contribution in [2.24, 2.45) is 0 Å². The van der Waals surface area contributed by atoms with E-state index in [4.69, 9.17) is 0 Å². The fourth-order valence-corrected chi connectivity index (χ4v) is 8.08. The molecule has 0 radical (unpaired) electrons. The van der Waals surface area contributed by atoms with Gasteiger partial charge in [0.1, 0.15) is 5.75 Å². The third-order valence-electron chi connectivity index (χ3n) is 10.9. The van der Waals surface area contributed by atoms with Gasteiger partial charge in [0.2, 0.25) is 0 Å². The molecule has 0 aliphatic carbocycles. The van der Waals surface area contributed by atoms with Gasteiger partial charge in [-0.05, 0) is 129 Å². The predicted molar refractivity (Wildman–Crippen MR) is 253 cm³/mol. The Labute approximate surface area is 370 Å². The molecular weight excluding hydrogens is 826 g/mol. The Bertz CT molecular complexity index is 2980. The molecule has 0 aromatic heterocycles. The van der Waals surface area contributed by atoms with Crippen molar-refractivity contribution < 1.29 is 25.8 Å². The number of halogens is 3. The van der Waals surface area contributed by atoms with Crippen LogP contribution in [0.1, 0.15) is 0 Å². The molecule has 0 aliphatic heterocycles. The molecular formula is C55H39F3N2O3S. The maximum Gasteiger partial charge on any atom is 0.534 e. The number of hydrogen-bond donors (Lipinski definition) is 0. The molecule has 9 heteroatoms. The van der Waals surface area contributed by atoms with Gasteiger partial charge >= 0.3 is 15.6 Å². The summed E-state index contributed by atoms with van der Waals surface area (Å²) in [4.78, 5) is 4.18. The summed E-state index contributed by atoms with van der Waals surface area (Å²) in [6.45, 7) is 0. The molecule has 5 nitrogen and oxygen atoms in total. The second-order valence-electron chi connectivity index (χ2n) is 15.0. The van der Waals surface area contributed by atoms with Crippen LogP contribution < -0.4 is 14.0 Å². The van der Waals surface area contributed by atoms with Gasteiger partial charge in [-0.2, -0.15) is 21.6 Å². The average Bonchev–Trinajstić information content (AvgIpc) is 3.34. The van der Waals surface area contributed by atoms with Crippen molar-refractivity contribution in [2.45, 2.75) is 5.51 Å². The molecule has 64 heavy (non-hydrogen) atoms. The summed E-state index contributed by atoms with van der Waals surface area (Å²) in [7, 11) is -5.83. The van der Waals surface area contributed by atoms with Gasteiger partial charge in [0.15, 0.2) is 0 Å². The minimum atomic E-state index is -5.83. The fourth-order valence-electron chi connectivity index (χ4n) is 7.63. The van der Waals surface area contributed by atoms with Gasteiger partial charge in [0, 0.05) is 34.1 Å². The monoisotopic (exact) mass is 864 g/mol. The molecule has 0 bridgehead atoms. The van der Waals surface area contributed by atoms with Gasteiger partial charge in [-0.15, -0.1) is 0 Å². The largest absolute Gasteiger partial charge is 0.534 e. The van der Waals surface area contributed by atoms with E-state index in [1.54, 1.807) is 0 Å². The molecule has 0 aliphatic rings. The Morgan fingerprint density at radius 2 is 0.500 bits per heavy atom. The van der Waals surface area contributed by atoms with Crippen molar-refractivity contribution in [2.75, 3.05) is 9.80 Å². The van der Waals surface area contributed by atoms with Gasteiger partial charge in [-0.3, -0.25) is 0 Å². The number of alkyl halides is 3. The minimum Gasteiger partial charge on any atom is -0.376 e. The lowest BCUT2D eigenvalue weighted by atomic mass is 10.0. The van der Waals surface area contributed by atoms with Gasteiger partial charge in [0.05, 0.1) is 0 Å². The average molecular weight is 865 g/mol. The molecule has 0 atom stereocenters. The number of rotatable bonds is 12. The van der Waals surface area contributed by atoms with Gasteiger partial charge in [-0.1, -0.05) is 152 Å². The van der Waals surface area contributed by atoms with E-state index < -0.39 is 21.4 Å². The van der Waals surface area contributed by atoms with E-state index in [2.05, 4.69) is 106 Å². The lowest BCUT2D eigenvalue weighted by Gasteiger charge is -2.27. The Hall–Kier alpha value is -7.88. The third-order valence-corrected chi connectivity index (χ3v) is 11.8. The third kappa shape index (κ3) is 9.02. The maximum atomic E-state index is 13.1. The van der Waals surface area contributed by atoms with Crippen molar-refractivity contribution >= 4 is 44.2 Å². The number of hydrogen-bond acceptors (Lipinski definition) is 5. The number of nitrogens with zero attached hydrogens (tertiary/aromatic N) is 2. The molecule has 9 rings (SSSR count). The summed E-state index contributed by atoms with van der Waals surface area (Å²) in [5.41, 5.74) is 8.20. The highest BCUT2D eigenvalue weighted by Gasteiger charge is 2.48. The van der Waals surface area contributed by atoms with Crippen molar-refractivity contribution in [3.63, 3.8) is 0 Å². The zero-order valence-electron chi connectivity index (χ0n) is 34.2. The normalized spacial score (nSPS) is 11.5. The second-order valence-corrected chi connectivity index (χ2v) is 16.5. The maximum absolute atomic E-state index is 13.1. The first-order valence-corrected chi connectivity index (χ1v) is 21.9. The van der Waals surface area contributed by atoms with Gasteiger partial charge in [0.25, 0.3) is 0 Å². The Kier molecular flexibility index (Phi) is 11.6. The molecule has 0 amide bonds. The van der Waals surface area contributed by atoms with Gasteiger partial charge < -0.3 is 14.0 Å². The molecule has 0 fully saturated rings. The zero-order valence-corrected chi connectivity index (χ0v) is 35.0. The first kappa shape index (κ1) is 41.5. The van der Waals surface area contributed by atoms with E-state index in [0.717, 1.165) is 72.9 Å². The summed E-state index contributed by atoms with van der Waals surface area (Å²) in [5, 5.41) is 0. The van der Waals surface area contributed by atoms with Crippen LogP contribution in [0.3, 0.4) is 0 Å². The Morgan fingerprint density at radius 3 is 0.719 bits per heavy atom. The van der Waals surface area contributed by atoms with Crippen LogP contribution in [0, 0.1) is 0 Å². The summed E-state index contributed by atoms with van der Waals surface area (Å²) >= 11 is 0. The number of benzene rings is 9. The van der Waals surface area contributed by atoms with Crippen LogP contribution in [0.2, 0.25) is 0 Å². The predicted octanol–water partition coefficient (Wildman–Crippen LogP) is 15.5. The van der Waals surface area contributed by atoms with Crippen LogP contribution in [0.15, 0.2) is 237 Å². The molecule has 0 saturated carbocycles. The summed E-state index contributed by atoms with van der Waals surface area (Å²) in [6.07, 6.45) is 0. The Morgan fingerprint density at radius 1 is 0.297 bits per heavy atom. The van der Waals surface area contributed by atoms with E-state index in [0.29, 0.717) is 5.69 Å². The first-order valence-electron chi connectivity index (χ1n) is 20.5. The van der Waals surface area contributed by atoms with Crippen molar-refractivity contribution in [3.05, 3.63) is 237 Å². The van der Waals surface area contributed by atoms with Crippen molar-refractivity contribution in [1.29, 1.82) is 0 Å². The van der Waals surface area contributed by atoms with E-state index in [1.807, 2.05) is 120 Å². The van der Waals surface area contributed by atoms with E-state index in [9.17, 15) is 21.6 Å². The van der Waals surface area contributed by atoms with Gasteiger partial charge in [-0.25, -0.2) is 0 Å². The molecule has 0 spiro atoms. The molecule has 0 saturated heterocycles. The quantitative estimate of drug-likeness (QED) is 0.0904. The van der Waals surface area contributed by atoms with Crippen LogP contribution >= 0.6 is 0 Å². The first-order chi connectivity index (χ1) is 31.1. The summed E-state index contributed by atoms with van der Waals surface area (Å²) in [5.74, 6) is -0.453. The van der Waals surface area contributed by atoms with Crippen LogP contribution in [0.4, 0.5) is 47.3 Å². The lowest BCUT2D eigenvalue weighted by molar-refractivity contribution is -0.0500. The second kappa shape index (κ2) is 17.8. The number of anilines is 6. The standard InChI is InChI=1S/C55H39F3N2O3S/c56-55(57,58)64(61,62)63-54-38-36-53(37-39-54)60(51-30-20-45(21-31-51)42-14-8-3-9-15-42)52-34-24-47(25-35-52)46-22-32-50(33-23-46)59(48-26-16-43(17-27-48)40-10-4-1-5-11-40)49-28-18-44(19-29-49)41-12-6-2-7-13-41/h1-39H. The molecule has 9 aromatic rings. The minimum absolute atomic E-state index is 0.453. The highest BCUT2D eigenvalue weighted by atomic mass is 32.2. The highest BCUT2D eigenvalue weighted by Crippen LogP contribution is 2.40. The van der Waals surface area contributed by atoms with E-state index in [-0.39, 0.29) is 0 Å². The lowest BCUT2D eigenvalue weighted by Crippen LogP contribution is -2.28. The van der Waals surface area contributed by atoms with E-state index >= 15 is 0 Å². The van der Waals surface area contributed by atoms with E-state index in [1.165, 1.54) is 24.3 Å². The van der Waals surface area contributed by atoms with Crippen LogP contribution in [0.5, 0.6) is 5.75 Å². The Balaban J connectivity index is 1.02. The molecule has 9 aromatic carbocycles. The smallest absolute Gasteiger partial charge is 0.376 e. The van der Waals surface area contributed by atoms with Crippen molar-refractivity contribution in [1.82, 2.24) is 0 Å². The highest BCUT2D eigenvalue weighted by molar-refractivity contribution is 7.88. The summed E-state index contributed by atoms with van der Waals surface area (Å²) < 4.78 is 67.0. The fraction of sp³-hybridized carbons (Fsp3) is 0.0182. The van der Waals surface area contributed by atoms with Crippen molar-refractivity contribution in [3.8, 4) is 50.3 Å². The van der Waals surface area contributed by atoms with Crippen LogP contribution in [-0.4, -0.2) is 13.9 Å². The molecule has 0 N–H and O–H groups in total. The topological polar surface area (TPSA) is 49.9 Å². The van der Waals surface area contributed by atoms with Crippen LogP contribution in [-0.2, 0) is 10.1 Å². The molecule has 0 heterocycles. The summed E-state index contributed by atoms with van der Waals surface area (Å²) in [6, 6.07) is 77.5. The molecule has 314 valence electrons. The SMILES string of the molecule is O=S(=O)(Oc1ccc(N(c2ccc(-c3ccccc3)cc2)c2ccc(-c3ccc(N(c4ccc(-c5ccccc5)cc4)c4ccc(-c5ccccc5)cc4)cc3)cc2)cc1)C(F)(F)F. The molecule has 0 unspecified atom stereocenters.